The molecule has 0 radical (unpaired) electrons. The molecule has 0 unspecified atom stereocenters. The summed E-state index contributed by atoms with van der Waals surface area (Å²) in [6, 6.07) is 6.01. The second-order valence-corrected chi connectivity index (χ2v) is 15.4. The first-order valence-corrected chi connectivity index (χ1v) is 13.7. The van der Waals surface area contributed by atoms with Gasteiger partial charge in [0.2, 0.25) is 0 Å². The average Bonchev–Trinajstić information content (AvgIpc) is 3.12. The largest absolute Gasteiger partial charge is 0.494 e. The van der Waals surface area contributed by atoms with Crippen LogP contribution in [0.4, 0.5) is 4.39 Å². The van der Waals surface area contributed by atoms with Crippen LogP contribution in [-0.2, 0) is 20.8 Å². The highest BCUT2D eigenvalue weighted by Gasteiger charge is 2.51. The van der Waals surface area contributed by atoms with Gasteiger partial charge < -0.3 is 14.0 Å². The summed E-state index contributed by atoms with van der Waals surface area (Å²) in [4.78, 5) is 4.23. The quantitative estimate of drug-likeness (QED) is 0.506. The lowest BCUT2D eigenvalue weighted by atomic mass is 9.78. The normalized spacial score (nSPS) is 18.4. The molecule has 0 atom stereocenters. The highest BCUT2D eigenvalue weighted by Crippen LogP contribution is 2.36. The van der Waals surface area contributed by atoms with Gasteiger partial charge in [0, 0.05) is 14.7 Å². The monoisotopic (exact) mass is 419 g/mol. The zero-order chi connectivity index (χ0) is 21.4. The number of ether oxygens (including phenoxy) is 1. The summed E-state index contributed by atoms with van der Waals surface area (Å²) in [5.74, 6) is 0.0459. The van der Waals surface area contributed by atoms with Crippen LogP contribution in [0.5, 0.6) is 0 Å². The third kappa shape index (κ3) is 4.96. The van der Waals surface area contributed by atoms with Crippen molar-refractivity contribution in [3.8, 4) is 11.4 Å². The van der Waals surface area contributed by atoms with E-state index in [4.69, 9.17) is 14.0 Å². The van der Waals surface area contributed by atoms with Gasteiger partial charge in [-0.05, 0) is 51.3 Å². The van der Waals surface area contributed by atoms with Crippen molar-refractivity contribution in [3.05, 3.63) is 30.3 Å². The fourth-order valence-corrected chi connectivity index (χ4v) is 3.69. The molecule has 1 fully saturated rings. The molecule has 0 aliphatic carbocycles. The number of rotatable bonds is 7. The van der Waals surface area contributed by atoms with E-state index in [1.807, 2.05) is 33.8 Å². The number of nitrogens with zero attached hydrogens (tertiary/aromatic N) is 3. The fraction of sp³-hybridized carbons (Fsp3) is 0.600. The lowest BCUT2D eigenvalue weighted by Gasteiger charge is -2.32. The van der Waals surface area contributed by atoms with Gasteiger partial charge in [0.15, 0.2) is 5.82 Å². The molecule has 0 N–H and O–H groups in total. The predicted octanol–water partition coefficient (Wildman–Crippen LogP) is 3.70. The number of aromatic nitrogens is 3. The molecular formula is C20H31BFN3O3Si. The SMILES string of the molecule is CC1(C)OB(c2ccc(-c3ncnn3COCC[Si](C)(C)C)c(F)c2)OC1(C)C. The second kappa shape index (κ2) is 7.94. The number of benzene rings is 1. The summed E-state index contributed by atoms with van der Waals surface area (Å²) in [6.45, 7) is 15.7. The van der Waals surface area contributed by atoms with E-state index < -0.39 is 32.2 Å². The highest BCUT2D eigenvalue weighted by molar-refractivity contribution is 6.76. The molecule has 0 amide bonds. The number of hydrogen-bond acceptors (Lipinski definition) is 5. The van der Waals surface area contributed by atoms with Crippen molar-refractivity contribution in [2.45, 2.75) is 71.3 Å². The average molecular weight is 419 g/mol. The van der Waals surface area contributed by atoms with Crippen molar-refractivity contribution in [2.75, 3.05) is 6.61 Å². The van der Waals surface area contributed by atoms with Crippen molar-refractivity contribution >= 4 is 20.7 Å². The van der Waals surface area contributed by atoms with Crippen molar-refractivity contribution < 1.29 is 18.4 Å². The first kappa shape index (κ1) is 22.1. The lowest BCUT2D eigenvalue weighted by molar-refractivity contribution is 0.00578. The molecule has 1 aromatic heterocycles. The molecule has 1 aliphatic rings. The van der Waals surface area contributed by atoms with E-state index in [0.29, 0.717) is 23.5 Å². The Kier molecular flexibility index (Phi) is 6.06. The van der Waals surface area contributed by atoms with Crippen LogP contribution in [0.1, 0.15) is 27.7 Å². The van der Waals surface area contributed by atoms with Crippen LogP contribution < -0.4 is 5.46 Å². The van der Waals surface area contributed by atoms with Gasteiger partial charge >= 0.3 is 7.12 Å². The maximum Gasteiger partial charge on any atom is 0.494 e. The van der Waals surface area contributed by atoms with E-state index in [0.717, 1.165) is 6.04 Å². The molecule has 9 heteroatoms. The van der Waals surface area contributed by atoms with Gasteiger partial charge in [-0.25, -0.2) is 14.1 Å². The van der Waals surface area contributed by atoms with Gasteiger partial charge in [-0.1, -0.05) is 25.7 Å². The van der Waals surface area contributed by atoms with Gasteiger partial charge in [-0.2, -0.15) is 5.10 Å². The van der Waals surface area contributed by atoms with E-state index in [1.165, 1.54) is 12.4 Å². The summed E-state index contributed by atoms with van der Waals surface area (Å²) < 4.78 is 34.3. The van der Waals surface area contributed by atoms with Crippen LogP contribution in [0.25, 0.3) is 11.4 Å². The summed E-state index contributed by atoms with van der Waals surface area (Å²) in [6.07, 6.45) is 1.42. The molecule has 1 saturated heterocycles. The molecule has 2 aromatic rings. The minimum Gasteiger partial charge on any atom is -0.399 e. The molecule has 2 heterocycles. The van der Waals surface area contributed by atoms with E-state index in [9.17, 15) is 4.39 Å². The van der Waals surface area contributed by atoms with Gasteiger partial charge in [-0.3, -0.25) is 0 Å². The Morgan fingerprint density at radius 3 is 2.38 bits per heavy atom. The third-order valence-electron chi connectivity index (χ3n) is 5.58. The minimum absolute atomic E-state index is 0.248. The Balaban J connectivity index is 1.73. The molecule has 0 bridgehead atoms. The highest BCUT2D eigenvalue weighted by atomic mass is 28.3. The summed E-state index contributed by atoms with van der Waals surface area (Å²) in [7, 11) is -1.77. The molecule has 6 nitrogen and oxygen atoms in total. The molecule has 1 aliphatic heterocycles. The van der Waals surface area contributed by atoms with Crippen LogP contribution in [0.2, 0.25) is 25.7 Å². The van der Waals surface area contributed by atoms with Crippen molar-refractivity contribution in [1.29, 1.82) is 0 Å². The second-order valence-electron chi connectivity index (χ2n) is 9.76. The first-order valence-electron chi connectivity index (χ1n) is 10.0. The van der Waals surface area contributed by atoms with E-state index in [2.05, 4.69) is 29.7 Å². The van der Waals surface area contributed by atoms with E-state index >= 15 is 0 Å². The van der Waals surface area contributed by atoms with Crippen molar-refractivity contribution in [1.82, 2.24) is 14.8 Å². The smallest absolute Gasteiger partial charge is 0.399 e. The molecule has 3 rings (SSSR count). The van der Waals surface area contributed by atoms with Gasteiger partial charge in [0.1, 0.15) is 18.9 Å². The zero-order valence-corrected chi connectivity index (χ0v) is 19.5. The molecule has 29 heavy (non-hydrogen) atoms. The predicted molar refractivity (Wildman–Crippen MR) is 115 cm³/mol. The standard InChI is InChI=1S/C20H31BFN3O3Si/c1-19(2)20(3,4)28-21(27-19)15-8-9-16(17(22)12-15)18-23-13-24-25(18)14-26-10-11-29(5,6)7/h8-9,12-13H,10-11,14H2,1-7H3. The van der Waals surface area contributed by atoms with E-state index in [-0.39, 0.29) is 6.73 Å². The van der Waals surface area contributed by atoms with E-state index in [1.54, 1.807) is 10.7 Å². The number of halogens is 1. The van der Waals surface area contributed by atoms with Crippen LogP contribution in [-0.4, -0.2) is 47.8 Å². The third-order valence-corrected chi connectivity index (χ3v) is 7.29. The molecule has 158 valence electrons. The Labute approximate surface area is 173 Å². The molecule has 0 spiro atoms. The summed E-state index contributed by atoms with van der Waals surface area (Å²) in [5.41, 5.74) is 0.0689. The van der Waals surface area contributed by atoms with Crippen molar-refractivity contribution in [2.24, 2.45) is 0 Å². The fourth-order valence-electron chi connectivity index (χ4n) is 2.94. The molecule has 1 aromatic carbocycles. The molecular weight excluding hydrogens is 388 g/mol. The lowest BCUT2D eigenvalue weighted by Crippen LogP contribution is -2.41. The maximum atomic E-state index is 14.9. The van der Waals surface area contributed by atoms with Crippen LogP contribution in [0, 0.1) is 5.82 Å². The topological polar surface area (TPSA) is 58.4 Å². The first-order chi connectivity index (χ1) is 13.4. The number of hydrogen-bond donors (Lipinski definition) is 0. The summed E-state index contributed by atoms with van der Waals surface area (Å²) in [5, 5.41) is 4.18. The zero-order valence-electron chi connectivity index (χ0n) is 18.5. The Morgan fingerprint density at radius 2 is 1.79 bits per heavy atom. The minimum atomic E-state index is -1.16. The Morgan fingerprint density at radius 1 is 1.14 bits per heavy atom. The van der Waals surface area contributed by atoms with Crippen LogP contribution >= 0.6 is 0 Å². The Hall–Kier alpha value is -1.55. The molecule has 0 saturated carbocycles. The van der Waals surface area contributed by atoms with Crippen molar-refractivity contribution in [3.63, 3.8) is 0 Å². The summed E-state index contributed by atoms with van der Waals surface area (Å²) >= 11 is 0. The van der Waals surface area contributed by atoms with Crippen LogP contribution in [0.3, 0.4) is 0 Å². The van der Waals surface area contributed by atoms with Gasteiger partial charge in [0.25, 0.3) is 0 Å². The van der Waals surface area contributed by atoms with Gasteiger partial charge in [-0.15, -0.1) is 0 Å². The van der Waals surface area contributed by atoms with Gasteiger partial charge in [0.05, 0.1) is 16.8 Å². The van der Waals surface area contributed by atoms with Crippen LogP contribution in [0.15, 0.2) is 24.5 Å². The maximum absolute atomic E-state index is 14.9. The Bertz CT molecular complexity index is 851.